The monoisotopic (exact) mass is 283 g/mol. The van der Waals surface area contributed by atoms with E-state index in [4.69, 9.17) is 16.7 Å². The summed E-state index contributed by atoms with van der Waals surface area (Å²) in [7, 11) is 1.90. The molecule has 1 aromatic carbocycles. The van der Waals surface area contributed by atoms with Crippen LogP contribution < -0.4 is 0 Å². The number of nitrogens with zero attached hydrogens (tertiary/aromatic N) is 2. The Bertz CT molecular complexity index is 544. The summed E-state index contributed by atoms with van der Waals surface area (Å²) in [5.41, 5.74) is 1.83. The zero-order valence-corrected chi connectivity index (χ0v) is 11.6. The second kappa shape index (κ2) is 6.34. The van der Waals surface area contributed by atoms with Gasteiger partial charge in [-0.15, -0.1) is 0 Å². The van der Waals surface area contributed by atoms with Crippen LogP contribution in [-0.4, -0.2) is 57.9 Å². The molecule has 1 aromatic heterocycles. The van der Waals surface area contributed by atoms with E-state index < -0.39 is 6.10 Å². The standard InChI is InChI=1S/C13H18ClN3O2/c1-17(7-10(19)8-18)5-4-13-15-11-3-2-9(14)6-12(11)16-13/h2-3,6,10,18-19H,4-5,7-8H2,1H3,(H,15,16)/t10-/m1/s1. The van der Waals surface area contributed by atoms with Crippen molar-refractivity contribution >= 4 is 22.6 Å². The highest BCUT2D eigenvalue weighted by atomic mass is 35.5. The van der Waals surface area contributed by atoms with Crippen LogP contribution in [0.1, 0.15) is 5.82 Å². The minimum Gasteiger partial charge on any atom is -0.394 e. The Balaban J connectivity index is 1.94. The molecular formula is C13H18ClN3O2. The first-order valence-electron chi connectivity index (χ1n) is 6.20. The lowest BCUT2D eigenvalue weighted by atomic mass is 10.3. The van der Waals surface area contributed by atoms with E-state index in [2.05, 4.69) is 9.97 Å². The molecular weight excluding hydrogens is 266 g/mol. The minimum atomic E-state index is -0.695. The number of fused-ring (bicyclic) bond motifs is 1. The van der Waals surface area contributed by atoms with Crippen molar-refractivity contribution in [2.24, 2.45) is 0 Å². The molecule has 0 unspecified atom stereocenters. The number of benzene rings is 1. The first kappa shape index (κ1) is 14.3. The van der Waals surface area contributed by atoms with Gasteiger partial charge in [-0.1, -0.05) is 11.6 Å². The second-order valence-electron chi connectivity index (χ2n) is 4.69. The normalized spacial score (nSPS) is 13.3. The molecule has 0 aliphatic rings. The fraction of sp³-hybridized carbons (Fsp3) is 0.462. The van der Waals surface area contributed by atoms with Crippen molar-refractivity contribution in [1.82, 2.24) is 14.9 Å². The van der Waals surface area contributed by atoms with Crippen LogP contribution >= 0.6 is 11.6 Å². The summed E-state index contributed by atoms with van der Waals surface area (Å²) in [4.78, 5) is 9.66. The van der Waals surface area contributed by atoms with Crippen LogP contribution in [0.15, 0.2) is 18.2 Å². The van der Waals surface area contributed by atoms with Crippen LogP contribution in [0.2, 0.25) is 5.02 Å². The molecule has 3 N–H and O–H groups in total. The van der Waals surface area contributed by atoms with Gasteiger partial charge in [0.25, 0.3) is 0 Å². The number of imidazole rings is 1. The zero-order chi connectivity index (χ0) is 13.8. The number of rotatable bonds is 6. The highest BCUT2D eigenvalue weighted by Gasteiger charge is 2.08. The number of nitrogens with one attached hydrogen (secondary N) is 1. The van der Waals surface area contributed by atoms with E-state index in [1.165, 1.54) is 0 Å². The second-order valence-corrected chi connectivity index (χ2v) is 5.13. The van der Waals surface area contributed by atoms with Gasteiger partial charge in [-0.3, -0.25) is 0 Å². The SMILES string of the molecule is CN(CCc1nc2ccc(Cl)cc2[nH]1)C[C@@H](O)CO. The van der Waals surface area contributed by atoms with E-state index in [1.807, 2.05) is 30.1 Å². The Hall–Kier alpha value is -1.14. The van der Waals surface area contributed by atoms with Crippen molar-refractivity contribution < 1.29 is 10.2 Å². The maximum absolute atomic E-state index is 9.34. The Kier molecular flexibility index (Phi) is 4.76. The lowest BCUT2D eigenvalue weighted by Crippen LogP contribution is -2.32. The Morgan fingerprint density at radius 2 is 2.26 bits per heavy atom. The Labute approximate surface area is 116 Å². The van der Waals surface area contributed by atoms with Gasteiger partial charge in [-0.2, -0.15) is 0 Å². The smallest absolute Gasteiger partial charge is 0.108 e. The molecule has 0 aliphatic carbocycles. The van der Waals surface area contributed by atoms with Gasteiger partial charge in [0.05, 0.1) is 23.7 Å². The molecule has 0 aliphatic heterocycles. The topological polar surface area (TPSA) is 72.4 Å². The van der Waals surface area contributed by atoms with E-state index in [1.54, 1.807) is 0 Å². The summed E-state index contributed by atoms with van der Waals surface area (Å²) in [6, 6.07) is 5.56. The fourth-order valence-corrected chi connectivity index (χ4v) is 2.13. The van der Waals surface area contributed by atoms with Crippen molar-refractivity contribution in [3.8, 4) is 0 Å². The first-order valence-corrected chi connectivity index (χ1v) is 6.58. The highest BCUT2D eigenvalue weighted by Crippen LogP contribution is 2.17. The van der Waals surface area contributed by atoms with Crippen LogP contribution in [0, 0.1) is 0 Å². The van der Waals surface area contributed by atoms with Gasteiger partial charge in [-0.05, 0) is 25.2 Å². The van der Waals surface area contributed by atoms with Gasteiger partial charge in [0.1, 0.15) is 5.82 Å². The van der Waals surface area contributed by atoms with Crippen LogP contribution in [0.4, 0.5) is 0 Å². The number of aliphatic hydroxyl groups is 2. The third-order valence-electron chi connectivity index (χ3n) is 2.96. The van der Waals surface area contributed by atoms with Crippen molar-refractivity contribution in [3.63, 3.8) is 0 Å². The fourth-order valence-electron chi connectivity index (χ4n) is 1.96. The van der Waals surface area contributed by atoms with Crippen LogP contribution in [0.25, 0.3) is 11.0 Å². The number of H-pyrrole nitrogens is 1. The van der Waals surface area contributed by atoms with E-state index in [0.717, 1.165) is 29.8 Å². The minimum absolute atomic E-state index is 0.215. The lowest BCUT2D eigenvalue weighted by molar-refractivity contribution is 0.0668. The van der Waals surface area contributed by atoms with Gasteiger partial charge < -0.3 is 20.1 Å². The lowest BCUT2D eigenvalue weighted by Gasteiger charge is -2.18. The van der Waals surface area contributed by atoms with Crippen molar-refractivity contribution in [2.45, 2.75) is 12.5 Å². The van der Waals surface area contributed by atoms with Gasteiger partial charge >= 0.3 is 0 Å². The highest BCUT2D eigenvalue weighted by molar-refractivity contribution is 6.31. The number of aromatic amines is 1. The summed E-state index contributed by atoms with van der Waals surface area (Å²) < 4.78 is 0. The van der Waals surface area contributed by atoms with Crippen LogP contribution in [0.5, 0.6) is 0 Å². The summed E-state index contributed by atoms with van der Waals surface area (Å²) in [5.74, 6) is 0.891. The van der Waals surface area contributed by atoms with Crippen molar-refractivity contribution in [1.29, 1.82) is 0 Å². The molecule has 6 heteroatoms. The number of aliphatic hydroxyl groups excluding tert-OH is 2. The summed E-state index contributed by atoms with van der Waals surface area (Å²) in [6.07, 6.45) is 0.0560. The molecule has 1 heterocycles. The average molecular weight is 284 g/mol. The number of aromatic nitrogens is 2. The summed E-state index contributed by atoms with van der Waals surface area (Å²) in [6.45, 7) is 0.987. The van der Waals surface area contributed by atoms with Crippen molar-refractivity contribution in [2.75, 3.05) is 26.7 Å². The molecule has 0 radical (unpaired) electrons. The van der Waals surface area contributed by atoms with E-state index in [0.29, 0.717) is 11.6 Å². The maximum atomic E-state index is 9.34. The van der Waals surface area contributed by atoms with E-state index in [-0.39, 0.29) is 6.61 Å². The molecule has 0 bridgehead atoms. The molecule has 5 nitrogen and oxygen atoms in total. The van der Waals surface area contributed by atoms with E-state index in [9.17, 15) is 5.11 Å². The number of hydrogen-bond acceptors (Lipinski definition) is 4. The molecule has 2 aromatic rings. The maximum Gasteiger partial charge on any atom is 0.108 e. The Morgan fingerprint density at radius 1 is 1.47 bits per heavy atom. The number of hydrogen-bond donors (Lipinski definition) is 3. The molecule has 19 heavy (non-hydrogen) atoms. The molecule has 2 rings (SSSR count). The predicted molar refractivity (Wildman–Crippen MR) is 75.4 cm³/mol. The average Bonchev–Trinajstić information content (AvgIpc) is 2.78. The number of likely N-dealkylation sites (N-methyl/N-ethyl adjacent to an activating group) is 1. The molecule has 0 saturated heterocycles. The summed E-state index contributed by atoms with van der Waals surface area (Å²) >= 11 is 5.92. The Morgan fingerprint density at radius 3 is 3.00 bits per heavy atom. The van der Waals surface area contributed by atoms with Gasteiger partial charge in [0.2, 0.25) is 0 Å². The molecule has 104 valence electrons. The summed E-state index contributed by atoms with van der Waals surface area (Å²) in [5, 5.41) is 18.8. The van der Waals surface area contributed by atoms with Crippen LogP contribution in [-0.2, 0) is 6.42 Å². The zero-order valence-electron chi connectivity index (χ0n) is 10.8. The quantitative estimate of drug-likeness (QED) is 0.741. The number of halogens is 1. The van der Waals surface area contributed by atoms with Gasteiger partial charge in [0, 0.05) is 24.5 Å². The molecule has 0 saturated carbocycles. The third-order valence-corrected chi connectivity index (χ3v) is 3.19. The third kappa shape index (κ3) is 3.91. The largest absolute Gasteiger partial charge is 0.394 e. The molecule has 0 fully saturated rings. The molecule has 0 amide bonds. The van der Waals surface area contributed by atoms with Gasteiger partial charge in [-0.25, -0.2) is 4.98 Å². The molecule has 1 atom stereocenters. The first-order chi connectivity index (χ1) is 9.08. The van der Waals surface area contributed by atoms with Crippen LogP contribution in [0.3, 0.4) is 0 Å². The van der Waals surface area contributed by atoms with E-state index >= 15 is 0 Å². The van der Waals surface area contributed by atoms with Gasteiger partial charge in [0.15, 0.2) is 0 Å². The van der Waals surface area contributed by atoms with Crippen molar-refractivity contribution in [3.05, 3.63) is 29.0 Å². The predicted octanol–water partition coefficient (Wildman–Crippen LogP) is 1.04. The molecule has 0 spiro atoms.